The van der Waals surface area contributed by atoms with Crippen LogP contribution >= 0.6 is 15.9 Å². The van der Waals surface area contributed by atoms with Gasteiger partial charge in [0.1, 0.15) is 0 Å². The quantitative estimate of drug-likeness (QED) is 0.263. The van der Waals surface area contributed by atoms with Gasteiger partial charge in [0.2, 0.25) is 0 Å². The first kappa shape index (κ1) is 21.9. The van der Waals surface area contributed by atoms with Crippen LogP contribution in [-0.2, 0) is 9.53 Å². The molecule has 2 aliphatic rings. The van der Waals surface area contributed by atoms with E-state index in [4.69, 9.17) is 9.84 Å². The van der Waals surface area contributed by atoms with Crippen LogP contribution in [0.15, 0.2) is 12.2 Å². The summed E-state index contributed by atoms with van der Waals surface area (Å²) in [6.45, 7) is 2.15. The van der Waals surface area contributed by atoms with Crippen molar-refractivity contribution in [2.75, 3.05) is 0 Å². The summed E-state index contributed by atoms with van der Waals surface area (Å²) in [7, 11) is 0. The Kier molecular flexibility index (Phi) is 9.07. The maximum absolute atomic E-state index is 10.6. The molecule has 26 heavy (non-hydrogen) atoms. The van der Waals surface area contributed by atoms with Gasteiger partial charge >= 0.3 is 5.97 Å². The molecule has 1 aliphatic heterocycles. The highest BCUT2D eigenvalue weighted by molar-refractivity contribution is 9.09. The normalized spacial score (nSPS) is 33.5. The van der Waals surface area contributed by atoms with Crippen molar-refractivity contribution in [2.24, 2.45) is 11.8 Å². The van der Waals surface area contributed by atoms with E-state index in [1.807, 2.05) is 12.2 Å². The van der Waals surface area contributed by atoms with E-state index in [9.17, 15) is 15.0 Å². The number of carbonyl (C=O) groups is 1. The third kappa shape index (κ3) is 6.32. The molecule has 0 aromatic rings. The van der Waals surface area contributed by atoms with E-state index in [1.165, 1.54) is 0 Å². The Morgan fingerprint density at radius 3 is 2.73 bits per heavy atom. The van der Waals surface area contributed by atoms with Crippen molar-refractivity contribution in [1.29, 1.82) is 0 Å². The second-order valence-electron chi connectivity index (χ2n) is 7.74. The second kappa shape index (κ2) is 10.8. The van der Waals surface area contributed by atoms with E-state index in [2.05, 4.69) is 22.9 Å². The molecule has 0 aromatic carbocycles. The highest BCUT2D eigenvalue weighted by Gasteiger charge is 2.49. The largest absolute Gasteiger partial charge is 0.481 e. The number of carboxylic acids is 1. The van der Waals surface area contributed by atoms with E-state index in [1.54, 1.807) is 0 Å². The number of aliphatic hydroxyl groups is 2. The van der Waals surface area contributed by atoms with Crippen LogP contribution in [0.2, 0.25) is 0 Å². The molecule has 1 saturated carbocycles. The van der Waals surface area contributed by atoms with Gasteiger partial charge in [0.05, 0.1) is 24.4 Å². The zero-order chi connectivity index (χ0) is 19.1. The Morgan fingerprint density at radius 2 is 2.04 bits per heavy atom. The van der Waals surface area contributed by atoms with Gasteiger partial charge in [0.15, 0.2) is 0 Å². The number of aliphatic carboxylic acids is 1. The first-order valence-electron chi connectivity index (χ1n) is 9.98. The van der Waals surface area contributed by atoms with Crippen LogP contribution in [0.1, 0.15) is 64.7 Å². The summed E-state index contributed by atoms with van der Waals surface area (Å²) in [5.41, 5.74) is 0. The molecule has 1 saturated heterocycles. The molecule has 1 heterocycles. The highest BCUT2D eigenvalue weighted by Crippen LogP contribution is 2.46. The van der Waals surface area contributed by atoms with Gasteiger partial charge in [0.25, 0.3) is 0 Å². The molecular weight excluding hydrogens is 400 g/mol. The molecule has 7 atom stereocenters. The van der Waals surface area contributed by atoms with Gasteiger partial charge in [-0.2, -0.15) is 0 Å². The van der Waals surface area contributed by atoms with Crippen LogP contribution in [0.3, 0.4) is 0 Å². The third-order valence-electron chi connectivity index (χ3n) is 5.68. The number of carboxylic acid groups (broad SMARTS) is 1. The fourth-order valence-electron chi connectivity index (χ4n) is 4.21. The lowest BCUT2D eigenvalue weighted by Gasteiger charge is -2.21. The van der Waals surface area contributed by atoms with Crippen molar-refractivity contribution in [3.63, 3.8) is 0 Å². The number of alkyl halides is 1. The van der Waals surface area contributed by atoms with Crippen LogP contribution in [0, 0.1) is 11.8 Å². The lowest BCUT2D eigenvalue weighted by atomic mass is 9.89. The maximum atomic E-state index is 10.6. The molecule has 2 rings (SSSR count). The van der Waals surface area contributed by atoms with Crippen molar-refractivity contribution in [1.82, 2.24) is 0 Å². The van der Waals surface area contributed by atoms with Gasteiger partial charge in [0, 0.05) is 23.6 Å². The first-order valence-corrected chi connectivity index (χ1v) is 10.9. The predicted octanol–water partition coefficient (Wildman–Crippen LogP) is 3.66. The average Bonchev–Trinajstić information content (AvgIpc) is 3.10. The Bertz CT molecular complexity index is 469. The summed E-state index contributed by atoms with van der Waals surface area (Å²) >= 11 is 3.66. The third-order valence-corrected chi connectivity index (χ3v) is 6.72. The molecule has 6 heteroatoms. The number of unbranched alkanes of at least 4 members (excludes halogenated alkanes) is 2. The minimum Gasteiger partial charge on any atom is -0.481 e. The standard InChI is InChI=1S/C20H33BrO5/c1-2-3-4-6-13(22)9-10-14-15-11-19(26-18(15)12-17(14)23)16(21)7-5-8-20(24)25/h9-10,13-19,22-23H,2-8,11-12H2,1H3,(H,24,25)/b10-9+/t13-,14+,15+,16-,17+,18-,19-/m0/s1. The number of aliphatic hydroxyl groups excluding tert-OH is 2. The highest BCUT2D eigenvalue weighted by atomic mass is 79.9. The molecule has 0 bridgehead atoms. The van der Waals surface area contributed by atoms with Gasteiger partial charge in [-0.05, 0) is 31.6 Å². The minimum atomic E-state index is -0.764. The molecule has 0 radical (unpaired) electrons. The summed E-state index contributed by atoms with van der Waals surface area (Å²) in [6, 6.07) is 0. The van der Waals surface area contributed by atoms with Crippen LogP contribution in [0.5, 0.6) is 0 Å². The number of hydrogen-bond donors (Lipinski definition) is 3. The molecule has 3 N–H and O–H groups in total. The molecule has 5 nitrogen and oxygen atoms in total. The van der Waals surface area contributed by atoms with E-state index in [-0.39, 0.29) is 35.3 Å². The van der Waals surface area contributed by atoms with Gasteiger partial charge in [-0.1, -0.05) is 54.3 Å². The lowest BCUT2D eigenvalue weighted by Crippen LogP contribution is -2.24. The smallest absolute Gasteiger partial charge is 0.303 e. The Morgan fingerprint density at radius 1 is 1.27 bits per heavy atom. The SMILES string of the molecule is CCCCC[C@H](O)/C=C/[C@@H]1[C@H]2C[C@@H]([C@@H](Br)CCCC(=O)O)O[C@H]2C[C@H]1O. The minimum absolute atomic E-state index is 0.0320. The van der Waals surface area contributed by atoms with Crippen molar-refractivity contribution >= 4 is 21.9 Å². The second-order valence-corrected chi connectivity index (χ2v) is 8.92. The molecule has 150 valence electrons. The predicted molar refractivity (Wildman–Crippen MR) is 104 cm³/mol. The zero-order valence-electron chi connectivity index (χ0n) is 15.6. The van der Waals surface area contributed by atoms with Crippen LogP contribution in [-0.4, -0.2) is 50.5 Å². The number of rotatable bonds is 11. The fraction of sp³-hybridized carbons (Fsp3) is 0.850. The Hall–Kier alpha value is -0.430. The van der Waals surface area contributed by atoms with Gasteiger partial charge < -0.3 is 20.1 Å². The summed E-state index contributed by atoms with van der Waals surface area (Å²) < 4.78 is 6.14. The first-order chi connectivity index (χ1) is 12.4. The number of ether oxygens (including phenoxy) is 1. The van der Waals surface area contributed by atoms with Crippen molar-refractivity contribution in [3.8, 4) is 0 Å². The number of halogens is 1. The number of fused-ring (bicyclic) bond motifs is 1. The van der Waals surface area contributed by atoms with Gasteiger partial charge in [-0.15, -0.1) is 0 Å². The fourth-order valence-corrected chi connectivity index (χ4v) is 4.88. The summed E-state index contributed by atoms with van der Waals surface area (Å²) in [4.78, 5) is 10.8. The Labute approximate surface area is 164 Å². The van der Waals surface area contributed by atoms with Crippen molar-refractivity contribution < 1.29 is 24.9 Å². The van der Waals surface area contributed by atoms with E-state index >= 15 is 0 Å². The number of hydrogen-bond acceptors (Lipinski definition) is 4. The average molecular weight is 433 g/mol. The molecule has 0 spiro atoms. The van der Waals surface area contributed by atoms with Gasteiger partial charge in [-0.3, -0.25) is 4.79 Å². The van der Waals surface area contributed by atoms with Crippen LogP contribution < -0.4 is 0 Å². The van der Waals surface area contributed by atoms with Gasteiger partial charge in [-0.25, -0.2) is 0 Å². The molecule has 0 amide bonds. The molecule has 1 aliphatic carbocycles. The summed E-state index contributed by atoms with van der Waals surface area (Å²) in [5, 5.41) is 29.2. The molecule has 0 unspecified atom stereocenters. The maximum Gasteiger partial charge on any atom is 0.303 e. The monoisotopic (exact) mass is 432 g/mol. The summed E-state index contributed by atoms with van der Waals surface area (Å²) in [6.07, 6.45) is 10.3. The van der Waals surface area contributed by atoms with E-state index < -0.39 is 18.2 Å². The van der Waals surface area contributed by atoms with Crippen LogP contribution in [0.4, 0.5) is 0 Å². The molecular formula is C20H33BrO5. The van der Waals surface area contributed by atoms with Crippen molar-refractivity contribution in [3.05, 3.63) is 12.2 Å². The van der Waals surface area contributed by atoms with E-state index in [0.717, 1.165) is 38.5 Å². The Balaban J connectivity index is 1.82. The van der Waals surface area contributed by atoms with E-state index in [0.29, 0.717) is 12.8 Å². The van der Waals surface area contributed by atoms with Crippen LogP contribution in [0.25, 0.3) is 0 Å². The molecule has 2 fully saturated rings. The zero-order valence-corrected chi connectivity index (χ0v) is 17.2. The molecule has 0 aromatic heterocycles. The topological polar surface area (TPSA) is 87.0 Å². The lowest BCUT2D eigenvalue weighted by molar-refractivity contribution is -0.137. The van der Waals surface area contributed by atoms with Crippen molar-refractivity contribution in [2.45, 2.75) is 94.0 Å². The summed E-state index contributed by atoms with van der Waals surface area (Å²) in [5.74, 6) is -0.460.